The van der Waals surface area contributed by atoms with Crippen LogP contribution in [0.5, 0.6) is 0 Å². The summed E-state index contributed by atoms with van der Waals surface area (Å²) in [6, 6.07) is 7.25. The molecule has 9 heteroatoms. The van der Waals surface area contributed by atoms with Gasteiger partial charge in [0.2, 0.25) is 11.3 Å². The fourth-order valence-electron chi connectivity index (χ4n) is 3.55. The summed E-state index contributed by atoms with van der Waals surface area (Å²) in [7, 11) is 1.82. The van der Waals surface area contributed by atoms with Gasteiger partial charge in [-0.05, 0) is 17.7 Å². The summed E-state index contributed by atoms with van der Waals surface area (Å²) in [5, 5.41) is 3.49. The number of carbonyl (C=O) groups is 1. The largest absolute Gasteiger partial charge is 0.379 e. The predicted molar refractivity (Wildman–Crippen MR) is 118 cm³/mol. The number of nitrogens with one attached hydrogen (secondary N) is 1. The summed E-state index contributed by atoms with van der Waals surface area (Å²) >= 11 is 5.88. The Bertz CT molecular complexity index is 1140. The van der Waals surface area contributed by atoms with Crippen molar-refractivity contribution in [2.75, 3.05) is 26.3 Å². The van der Waals surface area contributed by atoms with Gasteiger partial charge in [-0.25, -0.2) is 9.97 Å². The summed E-state index contributed by atoms with van der Waals surface area (Å²) in [5.74, 6) is 0.366. The molecule has 3 heterocycles. The van der Waals surface area contributed by atoms with Crippen LogP contribution in [0.15, 0.2) is 41.5 Å². The van der Waals surface area contributed by atoms with Gasteiger partial charge in [0.25, 0.3) is 0 Å². The Morgan fingerprint density at radius 1 is 1.23 bits per heavy atom. The highest BCUT2D eigenvalue weighted by molar-refractivity contribution is 6.30. The van der Waals surface area contributed by atoms with Crippen LogP contribution in [0.3, 0.4) is 0 Å². The van der Waals surface area contributed by atoms with E-state index in [9.17, 15) is 9.59 Å². The van der Waals surface area contributed by atoms with Crippen molar-refractivity contribution < 1.29 is 9.53 Å². The molecule has 0 aliphatic carbocycles. The van der Waals surface area contributed by atoms with Crippen molar-refractivity contribution in [1.29, 1.82) is 0 Å². The van der Waals surface area contributed by atoms with Gasteiger partial charge in [0, 0.05) is 43.5 Å². The zero-order valence-corrected chi connectivity index (χ0v) is 18.1. The maximum Gasteiger partial charge on any atom is 0.224 e. The van der Waals surface area contributed by atoms with Gasteiger partial charge in [-0.2, -0.15) is 0 Å². The second-order valence-corrected chi connectivity index (χ2v) is 8.02. The molecule has 0 radical (unpaired) electrons. The van der Waals surface area contributed by atoms with Gasteiger partial charge in [-0.1, -0.05) is 23.7 Å². The summed E-state index contributed by atoms with van der Waals surface area (Å²) < 4.78 is 7.16. The minimum atomic E-state index is -0.236. The lowest BCUT2D eigenvalue weighted by Gasteiger charge is -2.25. The Labute approximate surface area is 184 Å². The molecule has 162 valence electrons. The van der Waals surface area contributed by atoms with Crippen LogP contribution in [0, 0.1) is 0 Å². The van der Waals surface area contributed by atoms with Crippen molar-refractivity contribution >= 4 is 28.5 Å². The number of benzene rings is 1. The molecule has 0 bridgehead atoms. The van der Waals surface area contributed by atoms with E-state index in [-0.39, 0.29) is 17.8 Å². The third kappa shape index (κ3) is 5.28. The van der Waals surface area contributed by atoms with E-state index in [4.69, 9.17) is 16.3 Å². The van der Waals surface area contributed by atoms with Crippen LogP contribution in [0.1, 0.15) is 17.0 Å². The Morgan fingerprint density at radius 3 is 2.71 bits per heavy atom. The molecule has 0 saturated carbocycles. The van der Waals surface area contributed by atoms with Crippen LogP contribution >= 0.6 is 11.6 Å². The molecule has 1 aromatic carbocycles. The summed E-state index contributed by atoms with van der Waals surface area (Å²) in [4.78, 5) is 36.6. The summed E-state index contributed by atoms with van der Waals surface area (Å²) in [5.41, 5.74) is 2.08. The number of ether oxygens (including phenoxy) is 1. The molecule has 0 unspecified atom stereocenters. The molecule has 1 aliphatic heterocycles. The number of rotatable bonds is 6. The number of carbonyl (C=O) groups excluding carboxylic acids is 1. The highest BCUT2D eigenvalue weighted by atomic mass is 35.5. The third-order valence-corrected chi connectivity index (χ3v) is 5.53. The zero-order chi connectivity index (χ0) is 21.8. The third-order valence-electron chi connectivity index (χ3n) is 5.28. The van der Waals surface area contributed by atoms with Crippen LogP contribution < -0.4 is 10.7 Å². The minimum Gasteiger partial charge on any atom is -0.379 e. The lowest BCUT2D eigenvalue weighted by atomic mass is 10.1. The average molecular weight is 442 g/mol. The molecule has 4 rings (SSSR count). The standard InChI is InChI=1S/C22H24ClN5O3/c1-27-13-16(10-20(29)25-11-15-2-4-17(23)5-3-15)22(30)21-18(27)12-24-19(26-21)14-28-6-8-31-9-7-28/h2-5,12-13H,6-11,14H2,1H3,(H,25,29). The van der Waals surface area contributed by atoms with Gasteiger partial charge in [0.05, 0.1) is 37.9 Å². The number of fused-ring (bicyclic) bond motifs is 1. The van der Waals surface area contributed by atoms with Gasteiger partial charge in [-0.3, -0.25) is 14.5 Å². The van der Waals surface area contributed by atoms with E-state index in [0.29, 0.717) is 53.7 Å². The number of morpholine rings is 1. The highest BCUT2D eigenvalue weighted by Crippen LogP contribution is 2.11. The quantitative estimate of drug-likeness (QED) is 0.626. The smallest absolute Gasteiger partial charge is 0.224 e. The van der Waals surface area contributed by atoms with E-state index < -0.39 is 0 Å². The van der Waals surface area contributed by atoms with Crippen molar-refractivity contribution in [3.05, 3.63) is 68.9 Å². The van der Waals surface area contributed by atoms with Crippen LogP contribution in [-0.4, -0.2) is 51.6 Å². The van der Waals surface area contributed by atoms with E-state index in [2.05, 4.69) is 20.2 Å². The SMILES string of the molecule is Cn1cc(CC(=O)NCc2ccc(Cl)cc2)c(=O)c2nc(CN3CCOCC3)ncc21. The number of halogens is 1. The average Bonchev–Trinajstić information content (AvgIpc) is 2.77. The van der Waals surface area contributed by atoms with E-state index in [0.717, 1.165) is 18.7 Å². The van der Waals surface area contributed by atoms with Crippen LogP contribution in [-0.2, 0) is 36.1 Å². The zero-order valence-electron chi connectivity index (χ0n) is 17.3. The molecule has 8 nitrogen and oxygen atoms in total. The highest BCUT2D eigenvalue weighted by Gasteiger charge is 2.16. The second-order valence-electron chi connectivity index (χ2n) is 7.58. The number of pyridine rings is 1. The molecule has 1 saturated heterocycles. The number of aryl methyl sites for hydroxylation is 1. The van der Waals surface area contributed by atoms with Gasteiger partial charge in [0.15, 0.2) is 0 Å². The van der Waals surface area contributed by atoms with Crippen LogP contribution in [0.25, 0.3) is 11.0 Å². The lowest BCUT2D eigenvalue weighted by molar-refractivity contribution is -0.120. The number of hydrogen-bond donors (Lipinski definition) is 1. The number of hydrogen-bond acceptors (Lipinski definition) is 6. The van der Waals surface area contributed by atoms with Crippen LogP contribution in [0.4, 0.5) is 0 Å². The first kappa shape index (κ1) is 21.4. The molecule has 1 fully saturated rings. The molecular weight excluding hydrogens is 418 g/mol. The maximum absolute atomic E-state index is 13.0. The van der Waals surface area contributed by atoms with E-state index in [1.165, 1.54) is 0 Å². The fraction of sp³-hybridized carbons (Fsp3) is 0.364. The molecule has 1 N–H and O–H groups in total. The van der Waals surface area contributed by atoms with Gasteiger partial charge in [0.1, 0.15) is 11.3 Å². The van der Waals surface area contributed by atoms with Gasteiger partial charge < -0.3 is 14.6 Å². The molecule has 31 heavy (non-hydrogen) atoms. The van der Waals surface area contributed by atoms with Crippen molar-refractivity contribution in [3.63, 3.8) is 0 Å². The fourth-order valence-corrected chi connectivity index (χ4v) is 3.68. The Hall–Kier alpha value is -2.81. The molecule has 3 aromatic rings. The van der Waals surface area contributed by atoms with Crippen molar-refractivity contribution in [2.24, 2.45) is 7.05 Å². The summed E-state index contributed by atoms with van der Waals surface area (Å²) in [6.07, 6.45) is 3.33. The number of aromatic nitrogens is 3. The van der Waals surface area contributed by atoms with Crippen molar-refractivity contribution in [2.45, 2.75) is 19.5 Å². The van der Waals surface area contributed by atoms with Crippen molar-refractivity contribution in [3.8, 4) is 0 Å². The molecule has 0 atom stereocenters. The number of amides is 1. The second kappa shape index (κ2) is 9.55. The molecule has 0 spiro atoms. The van der Waals surface area contributed by atoms with Gasteiger partial charge >= 0.3 is 0 Å². The molecular formula is C22H24ClN5O3. The molecule has 1 aliphatic rings. The summed E-state index contributed by atoms with van der Waals surface area (Å²) in [6.45, 7) is 3.93. The first-order valence-corrected chi connectivity index (χ1v) is 10.5. The Morgan fingerprint density at radius 2 is 1.97 bits per heavy atom. The van der Waals surface area contributed by atoms with Gasteiger partial charge in [-0.15, -0.1) is 0 Å². The maximum atomic E-state index is 13.0. The van der Waals surface area contributed by atoms with E-state index in [1.807, 2.05) is 19.2 Å². The molecule has 1 amide bonds. The predicted octanol–water partition coefficient (Wildman–Crippen LogP) is 1.67. The Kier molecular flexibility index (Phi) is 6.60. The minimum absolute atomic E-state index is 0.0149. The van der Waals surface area contributed by atoms with E-state index >= 15 is 0 Å². The Balaban J connectivity index is 1.50. The van der Waals surface area contributed by atoms with Crippen LogP contribution in [0.2, 0.25) is 5.02 Å². The first-order chi connectivity index (χ1) is 15.0. The normalized spacial score (nSPS) is 14.6. The van der Waals surface area contributed by atoms with Crippen molar-refractivity contribution in [1.82, 2.24) is 24.8 Å². The topological polar surface area (TPSA) is 89.4 Å². The number of nitrogens with zero attached hydrogens (tertiary/aromatic N) is 4. The molecule has 2 aromatic heterocycles. The lowest BCUT2D eigenvalue weighted by Crippen LogP contribution is -2.36. The van der Waals surface area contributed by atoms with E-state index in [1.54, 1.807) is 29.1 Å². The first-order valence-electron chi connectivity index (χ1n) is 10.1. The monoisotopic (exact) mass is 441 g/mol.